The lowest BCUT2D eigenvalue weighted by Crippen LogP contribution is -2.26. The quantitative estimate of drug-likeness (QED) is 0.587. The van der Waals surface area contributed by atoms with Crippen LogP contribution in [0.25, 0.3) is 10.2 Å². The molecule has 0 unspecified atom stereocenters. The Balaban J connectivity index is 1.66. The van der Waals surface area contributed by atoms with Gasteiger partial charge in [-0.1, -0.05) is 17.7 Å². The van der Waals surface area contributed by atoms with Crippen molar-refractivity contribution in [3.05, 3.63) is 77.3 Å². The van der Waals surface area contributed by atoms with Crippen LogP contribution in [0.4, 0.5) is 0 Å². The summed E-state index contributed by atoms with van der Waals surface area (Å²) >= 11 is 1.49. The minimum absolute atomic E-state index is 0.158. The van der Waals surface area contributed by atoms with Gasteiger partial charge in [0.1, 0.15) is 10.8 Å². The lowest BCUT2D eigenvalue weighted by molar-refractivity contribution is 0.0721. The molecule has 0 atom stereocenters. The Morgan fingerprint density at radius 3 is 2.37 bits per heavy atom. The predicted molar refractivity (Wildman–Crippen MR) is 119 cm³/mol. The fourth-order valence-corrected chi connectivity index (χ4v) is 5.17. The van der Waals surface area contributed by atoms with Crippen LogP contribution in [0.2, 0.25) is 0 Å². The van der Waals surface area contributed by atoms with Crippen molar-refractivity contribution in [1.29, 1.82) is 0 Å². The van der Waals surface area contributed by atoms with Gasteiger partial charge in [-0.25, -0.2) is 4.98 Å². The summed E-state index contributed by atoms with van der Waals surface area (Å²) < 4.78 is 41.1. The molecule has 0 radical (unpaired) electrons. The van der Waals surface area contributed by atoms with Crippen molar-refractivity contribution < 1.29 is 17.9 Å². The minimum Gasteiger partial charge on any atom is -0.497 e. The van der Waals surface area contributed by atoms with Gasteiger partial charge in [-0.3, -0.25) is 0 Å². The van der Waals surface area contributed by atoms with Gasteiger partial charge < -0.3 is 9.47 Å². The van der Waals surface area contributed by atoms with Crippen molar-refractivity contribution in [3.63, 3.8) is 0 Å². The number of allylic oxidation sites excluding steroid dienone is 2. The van der Waals surface area contributed by atoms with Crippen molar-refractivity contribution in [2.24, 2.45) is 4.40 Å². The zero-order chi connectivity index (χ0) is 21.4. The van der Waals surface area contributed by atoms with Gasteiger partial charge in [0.2, 0.25) is 0 Å². The molecule has 0 N–H and O–H groups in total. The van der Waals surface area contributed by atoms with Gasteiger partial charge in [0, 0.05) is 7.11 Å². The second-order valence-electron chi connectivity index (χ2n) is 6.82. The maximum Gasteiger partial charge on any atom is 0.282 e. The Kier molecular flexibility index (Phi) is 5.31. The summed E-state index contributed by atoms with van der Waals surface area (Å²) in [5, 5.41) is 0.737. The molecule has 8 heteroatoms. The molecular formula is C22H20N2O4S2. The highest BCUT2D eigenvalue weighted by molar-refractivity contribution is 7.90. The first kappa shape index (κ1) is 20.5. The van der Waals surface area contributed by atoms with E-state index in [1.54, 1.807) is 62.8 Å². The molecular weight excluding hydrogens is 420 g/mol. The van der Waals surface area contributed by atoms with E-state index in [-0.39, 0.29) is 4.90 Å². The number of aryl methyl sites for hydroxylation is 1. The average Bonchev–Trinajstić information content (AvgIpc) is 3.18. The van der Waals surface area contributed by atoms with Gasteiger partial charge in [-0.2, -0.15) is 12.8 Å². The molecule has 0 amide bonds. The molecule has 0 bridgehead atoms. The van der Waals surface area contributed by atoms with Crippen molar-refractivity contribution in [1.82, 2.24) is 4.98 Å². The summed E-state index contributed by atoms with van der Waals surface area (Å²) in [5.41, 5.74) is 1.27. The highest BCUT2D eigenvalue weighted by Gasteiger charge is 2.32. The number of sulfonamides is 1. The Labute approximate surface area is 179 Å². The van der Waals surface area contributed by atoms with E-state index >= 15 is 0 Å². The average molecular weight is 441 g/mol. The largest absolute Gasteiger partial charge is 0.497 e. The first-order chi connectivity index (χ1) is 14.3. The van der Waals surface area contributed by atoms with E-state index in [1.165, 1.54) is 11.3 Å². The van der Waals surface area contributed by atoms with E-state index in [2.05, 4.69) is 9.38 Å². The van der Waals surface area contributed by atoms with Gasteiger partial charge in [0.05, 0.1) is 27.9 Å². The van der Waals surface area contributed by atoms with Gasteiger partial charge in [0.25, 0.3) is 10.0 Å². The summed E-state index contributed by atoms with van der Waals surface area (Å²) in [6.07, 6.45) is 6.82. The van der Waals surface area contributed by atoms with Gasteiger partial charge in [0.15, 0.2) is 5.60 Å². The molecule has 0 fully saturated rings. The molecule has 1 aliphatic carbocycles. The lowest BCUT2D eigenvalue weighted by Gasteiger charge is -2.25. The summed E-state index contributed by atoms with van der Waals surface area (Å²) in [7, 11) is -0.583. The third-order valence-electron chi connectivity index (χ3n) is 4.82. The van der Waals surface area contributed by atoms with Crippen molar-refractivity contribution in [2.75, 3.05) is 14.2 Å². The van der Waals surface area contributed by atoms with Gasteiger partial charge in [-0.05, 0) is 61.6 Å². The molecule has 0 saturated heterocycles. The molecule has 6 nitrogen and oxygen atoms in total. The Morgan fingerprint density at radius 1 is 1.03 bits per heavy atom. The smallest absolute Gasteiger partial charge is 0.282 e. The second-order valence-corrected chi connectivity index (χ2v) is 9.46. The Hall–Kier alpha value is -2.81. The van der Waals surface area contributed by atoms with E-state index in [4.69, 9.17) is 9.47 Å². The first-order valence-electron chi connectivity index (χ1n) is 9.15. The topological polar surface area (TPSA) is 77.8 Å². The van der Waals surface area contributed by atoms with Crippen LogP contribution in [0, 0.1) is 6.92 Å². The van der Waals surface area contributed by atoms with Gasteiger partial charge in [-0.15, -0.1) is 11.3 Å². The molecule has 1 aliphatic rings. The van der Waals surface area contributed by atoms with E-state index in [9.17, 15) is 8.42 Å². The third kappa shape index (κ3) is 3.81. The molecule has 0 spiro atoms. The minimum atomic E-state index is -3.80. The SMILES string of the molecule is COc1ccc2nc(C3(OC)C=CC(=NS(=O)(=O)c4ccc(C)cc4)C=C3)sc2c1. The van der Waals surface area contributed by atoms with Crippen LogP contribution < -0.4 is 4.74 Å². The number of aromatic nitrogens is 1. The standard InChI is InChI=1S/C22H20N2O4S2/c1-15-4-7-18(8-5-15)30(25,26)24-16-10-12-22(28-3,13-11-16)21-23-19-9-6-17(27-2)14-20(19)29-21/h4-14H,1-3H3. The zero-order valence-electron chi connectivity index (χ0n) is 16.7. The second kappa shape index (κ2) is 7.79. The molecule has 1 aromatic heterocycles. The summed E-state index contributed by atoms with van der Waals surface area (Å²) in [4.78, 5) is 4.85. The van der Waals surface area contributed by atoms with Crippen LogP contribution in [-0.4, -0.2) is 33.3 Å². The van der Waals surface area contributed by atoms with Crippen LogP contribution in [0.3, 0.4) is 0 Å². The lowest BCUT2D eigenvalue weighted by atomic mass is 9.98. The maximum atomic E-state index is 12.6. The number of methoxy groups -OCH3 is 2. The number of hydrogen-bond acceptors (Lipinski definition) is 6. The molecule has 2 aromatic carbocycles. The molecule has 154 valence electrons. The summed E-state index contributed by atoms with van der Waals surface area (Å²) in [6.45, 7) is 1.90. The van der Waals surface area contributed by atoms with Crippen LogP contribution in [0.5, 0.6) is 5.75 Å². The molecule has 1 heterocycles. The van der Waals surface area contributed by atoms with Crippen LogP contribution in [0.1, 0.15) is 10.6 Å². The highest BCUT2D eigenvalue weighted by Crippen LogP contribution is 2.37. The van der Waals surface area contributed by atoms with E-state index in [0.717, 1.165) is 26.5 Å². The van der Waals surface area contributed by atoms with Crippen LogP contribution in [-0.2, 0) is 20.4 Å². The molecule has 4 rings (SSSR count). The predicted octanol–water partition coefficient (Wildman–Crippen LogP) is 4.41. The van der Waals surface area contributed by atoms with E-state index in [0.29, 0.717) is 5.71 Å². The highest BCUT2D eigenvalue weighted by atomic mass is 32.2. The van der Waals surface area contributed by atoms with E-state index in [1.807, 2.05) is 25.1 Å². The number of hydrogen-bond donors (Lipinski definition) is 0. The third-order valence-corrected chi connectivity index (χ3v) is 7.29. The normalized spacial score (nSPS) is 18.7. The monoisotopic (exact) mass is 440 g/mol. The molecule has 0 saturated carbocycles. The van der Waals surface area contributed by atoms with Gasteiger partial charge >= 0.3 is 0 Å². The van der Waals surface area contributed by atoms with E-state index < -0.39 is 15.6 Å². The number of benzene rings is 2. The maximum absolute atomic E-state index is 12.6. The van der Waals surface area contributed by atoms with Crippen LogP contribution in [0.15, 0.2) is 76.1 Å². The molecule has 0 aliphatic heterocycles. The molecule has 30 heavy (non-hydrogen) atoms. The Morgan fingerprint density at radius 2 is 1.73 bits per heavy atom. The van der Waals surface area contributed by atoms with Crippen LogP contribution >= 0.6 is 11.3 Å². The number of fused-ring (bicyclic) bond motifs is 1. The summed E-state index contributed by atoms with van der Waals surface area (Å²) in [6, 6.07) is 12.3. The number of thiazole rings is 1. The fourth-order valence-electron chi connectivity index (χ4n) is 3.06. The fraction of sp³-hybridized carbons (Fsp3) is 0.182. The first-order valence-corrected chi connectivity index (χ1v) is 11.4. The number of ether oxygens (including phenoxy) is 2. The van der Waals surface area contributed by atoms with Crippen molar-refractivity contribution in [3.8, 4) is 5.75 Å². The summed E-state index contributed by atoms with van der Waals surface area (Å²) in [5.74, 6) is 0.759. The zero-order valence-corrected chi connectivity index (χ0v) is 18.3. The van der Waals surface area contributed by atoms with Crippen molar-refractivity contribution >= 4 is 37.3 Å². The molecule has 3 aromatic rings. The number of rotatable bonds is 5. The van der Waals surface area contributed by atoms with Crippen molar-refractivity contribution in [2.45, 2.75) is 17.4 Å². The Bertz CT molecular complexity index is 1270. The number of nitrogens with zero attached hydrogens (tertiary/aromatic N) is 2.